The summed E-state index contributed by atoms with van der Waals surface area (Å²) in [5.74, 6) is 0.934. The second kappa shape index (κ2) is 4.08. The van der Waals surface area contributed by atoms with Crippen molar-refractivity contribution in [3.63, 3.8) is 0 Å². The largest absolute Gasteiger partial charge is 0.332 e. The highest BCUT2D eigenvalue weighted by atomic mass is 16.5. The van der Waals surface area contributed by atoms with Gasteiger partial charge >= 0.3 is 0 Å². The molecule has 0 bridgehead atoms. The van der Waals surface area contributed by atoms with Gasteiger partial charge in [0.15, 0.2) is 5.82 Å². The van der Waals surface area contributed by atoms with Gasteiger partial charge in [-0.1, -0.05) is 17.3 Å². The molecule has 1 aliphatic rings. The van der Waals surface area contributed by atoms with E-state index in [-0.39, 0.29) is 0 Å². The van der Waals surface area contributed by atoms with E-state index in [1.54, 1.807) is 6.20 Å². The lowest BCUT2D eigenvalue weighted by Gasteiger charge is -2.34. The number of aromatic nitrogens is 4. The fourth-order valence-electron chi connectivity index (χ4n) is 2.37. The summed E-state index contributed by atoms with van der Waals surface area (Å²) in [6.07, 6.45) is 4.55. The SMILES string of the molecule is NC1(c2noc(-c3cnc4ccccc4n3)n2)CCC1. The molecule has 2 N–H and O–H groups in total. The molecule has 1 aliphatic carbocycles. The van der Waals surface area contributed by atoms with E-state index >= 15 is 0 Å². The van der Waals surface area contributed by atoms with Crippen molar-refractivity contribution >= 4 is 11.0 Å². The van der Waals surface area contributed by atoms with Gasteiger partial charge in [-0.15, -0.1) is 0 Å². The van der Waals surface area contributed by atoms with Crippen LogP contribution >= 0.6 is 0 Å². The standard InChI is InChI=1S/C14H13N5O/c15-14(6-3-7-14)13-18-12(20-19-13)11-8-16-9-4-1-2-5-10(9)17-11/h1-2,4-5,8H,3,6-7,15H2. The normalized spacial score (nSPS) is 17.1. The maximum atomic E-state index is 6.19. The van der Waals surface area contributed by atoms with E-state index in [4.69, 9.17) is 10.3 Å². The van der Waals surface area contributed by atoms with Crippen LogP contribution in [0.5, 0.6) is 0 Å². The van der Waals surface area contributed by atoms with E-state index in [0.717, 1.165) is 30.3 Å². The molecule has 2 aromatic heterocycles. The van der Waals surface area contributed by atoms with E-state index < -0.39 is 5.54 Å². The van der Waals surface area contributed by atoms with Crippen LogP contribution in [0.15, 0.2) is 35.0 Å². The summed E-state index contributed by atoms with van der Waals surface area (Å²) in [4.78, 5) is 13.2. The van der Waals surface area contributed by atoms with E-state index in [2.05, 4.69) is 20.1 Å². The summed E-state index contributed by atoms with van der Waals surface area (Å²) in [5.41, 5.74) is 7.97. The van der Waals surface area contributed by atoms with Crippen LogP contribution in [0.1, 0.15) is 25.1 Å². The predicted molar refractivity (Wildman–Crippen MR) is 72.5 cm³/mol. The number of benzene rings is 1. The Morgan fingerprint density at radius 2 is 1.90 bits per heavy atom. The van der Waals surface area contributed by atoms with Crippen molar-refractivity contribution in [2.24, 2.45) is 5.73 Å². The van der Waals surface area contributed by atoms with E-state index in [1.165, 1.54) is 0 Å². The molecule has 6 nitrogen and oxygen atoms in total. The van der Waals surface area contributed by atoms with Gasteiger partial charge in [-0.3, -0.25) is 4.98 Å². The molecule has 0 saturated heterocycles. The molecule has 2 heterocycles. The highest BCUT2D eigenvalue weighted by molar-refractivity contribution is 5.75. The molecule has 1 aromatic carbocycles. The van der Waals surface area contributed by atoms with E-state index in [9.17, 15) is 0 Å². The summed E-state index contributed by atoms with van der Waals surface area (Å²) in [6.45, 7) is 0. The average molecular weight is 267 g/mol. The van der Waals surface area contributed by atoms with Crippen LogP contribution in [0.25, 0.3) is 22.6 Å². The zero-order valence-electron chi connectivity index (χ0n) is 10.8. The number of hydrogen-bond donors (Lipinski definition) is 1. The molecule has 100 valence electrons. The zero-order valence-corrected chi connectivity index (χ0v) is 10.8. The zero-order chi connectivity index (χ0) is 13.6. The van der Waals surface area contributed by atoms with Crippen molar-refractivity contribution in [1.29, 1.82) is 0 Å². The summed E-state index contributed by atoms with van der Waals surface area (Å²) < 4.78 is 5.28. The monoisotopic (exact) mass is 267 g/mol. The second-order valence-electron chi connectivity index (χ2n) is 5.18. The van der Waals surface area contributed by atoms with Gasteiger partial charge in [0.2, 0.25) is 0 Å². The molecule has 0 atom stereocenters. The summed E-state index contributed by atoms with van der Waals surface area (Å²) in [7, 11) is 0. The molecule has 6 heteroatoms. The lowest BCUT2D eigenvalue weighted by atomic mass is 9.77. The molecular formula is C14H13N5O. The van der Waals surface area contributed by atoms with Gasteiger partial charge in [-0.2, -0.15) is 4.98 Å². The lowest BCUT2D eigenvalue weighted by molar-refractivity contribution is 0.229. The summed E-state index contributed by atoms with van der Waals surface area (Å²) in [6, 6.07) is 7.66. The third-order valence-corrected chi connectivity index (χ3v) is 3.78. The molecule has 0 radical (unpaired) electrons. The Morgan fingerprint density at radius 3 is 2.65 bits per heavy atom. The van der Waals surface area contributed by atoms with Gasteiger partial charge in [0.05, 0.1) is 22.8 Å². The van der Waals surface area contributed by atoms with Gasteiger partial charge < -0.3 is 10.3 Å². The van der Waals surface area contributed by atoms with Gasteiger partial charge in [0.1, 0.15) is 5.69 Å². The third-order valence-electron chi connectivity index (χ3n) is 3.78. The molecule has 0 aliphatic heterocycles. The molecule has 4 rings (SSSR count). The molecule has 0 unspecified atom stereocenters. The van der Waals surface area contributed by atoms with Gasteiger partial charge in [0, 0.05) is 0 Å². The van der Waals surface area contributed by atoms with E-state index in [1.807, 2.05) is 24.3 Å². The lowest BCUT2D eigenvalue weighted by Crippen LogP contribution is -2.44. The number of hydrogen-bond acceptors (Lipinski definition) is 6. The number of nitrogens with two attached hydrogens (primary N) is 1. The molecule has 3 aromatic rings. The Labute approximate surface area is 115 Å². The minimum Gasteiger partial charge on any atom is -0.332 e. The molecule has 1 fully saturated rings. The minimum absolute atomic E-state index is 0.370. The topological polar surface area (TPSA) is 90.7 Å². The Hall–Kier alpha value is -2.34. The Morgan fingerprint density at radius 1 is 1.10 bits per heavy atom. The summed E-state index contributed by atoms with van der Waals surface area (Å²) in [5, 5.41) is 3.99. The van der Waals surface area contributed by atoms with Crippen molar-refractivity contribution in [3.05, 3.63) is 36.3 Å². The first-order chi connectivity index (χ1) is 9.74. The molecular weight excluding hydrogens is 254 g/mol. The first-order valence-corrected chi connectivity index (χ1v) is 6.60. The maximum absolute atomic E-state index is 6.19. The van der Waals surface area contributed by atoms with Crippen LogP contribution in [0.3, 0.4) is 0 Å². The molecule has 0 amide bonds. The van der Waals surface area contributed by atoms with Crippen molar-refractivity contribution in [2.45, 2.75) is 24.8 Å². The van der Waals surface area contributed by atoms with Crippen LogP contribution in [0, 0.1) is 0 Å². The van der Waals surface area contributed by atoms with Gasteiger partial charge in [-0.25, -0.2) is 4.98 Å². The summed E-state index contributed by atoms with van der Waals surface area (Å²) >= 11 is 0. The Kier molecular flexibility index (Phi) is 2.34. The highest BCUT2D eigenvalue weighted by Crippen LogP contribution is 2.37. The first-order valence-electron chi connectivity index (χ1n) is 6.60. The second-order valence-corrected chi connectivity index (χ2v) is 5.18. The average Bonchev–Trinajstić information content (AvgIpc) is 2.94. The molecule has 0 spiro atoms. The van der Waals surface area contributed by atoms with Crippen molar-refractivity contribution < 1.29 is 4.52 Å². The van der Waals surface area contributed by atoms with Crippen LogP contribution in [-0.4, -0.2) is 20.1 Å². The van der Waals surface area contributed by atoms with Crippen LogP contribution in [0.4, 0.5) is 0 Å². The number of nitrogens with zero attached hydrogens (tertiary/aromatic N) is 4. The van der Waals surface area contributed by atoms with Crippen LogP contribution < -0.4 is 5.73 Å². The van der Waals surface area contributed by atoms with Crippen LogP contribution in [-0.2, 0) is 5.54 Å². The van der Waals surface area contributed by atoms with Crippen LogP contribution in [0.2, 0.25) is 0 Å². The fourth-order valence-corrected chi connectivity index (χ4v) is 2.37. The number of para-hydroxylation sites is 2. The third kappa shape index (κ3) is 1.69. The fraction of sp³-hybridized carbons (Fsp3) is 0.286. The smallest absolute Gasteiger partial charge is 0.278 e. The number of rotatable bonds is 2. The Balaban J connectivity index is 1.75. The highest BCUT2D eigenvalue weighted by Gasteiger charge is 2.39. The quantitative estimate of drug-likeness (QED) is 0.763. The molecule has 20 heavy (non-hydrogen) atoms. The maximum Gasteiger partial charge on any atom is 0.278 e. The van der Waals surface area contributed by atoms with E-state index in [0.29, 0.717) is 17.4 Å². The van der Waals surface area contributed by atoms with Gasteiger partial charge in [-0.05, 0) is 31.4 Å². The molecule has 1 saturated carbocycles. The predicted octanol–water partition coefficient (Wildman–Crippen LogP) is 2.02. The first kappa shape index (κ1) is 11.5. The Bertz CT molecular complexity index is 778. The van der Waals surface area contributed by atoms with Crippen molar-refractivity contribution in [2.75, 3.05) is 0 Å². The van der Waals surface area contributed by atoms with Crippen molar-refractivity contribution in [1.82, 2.24) is 20.1 Å². The van der Waals surface area contributed by atoms with Gasteiger partial charge in [0.25, 0.3) is 5.89 Å². The minimum atomic E-state index is -0.425. The van der Waals surface area contributed by atoms with Crippen molar-refractivity contribution in [3.8, 4) is 11.6 Å². The number of fused-ring (bicyclic) bond motifs is 1.